The molecule has 2 aromatic heterocycles. The van der Waals surface area contributed by atoms with Gasteiger partial charge in [0, 0.05) is 24.3 Å². The number of hydrogen-bond acceptors (Lipinski definition) is 1. The second-order valence-corrected chi connectivity index (χ2v) is 3.76. The van der Waals surface area contributed by atoms with E-state index in [0.29, 0.717) is 6.54 Å². The van der Waals surface area contributed by atoms with E-state index < -0.39 is 5.97 Å². The van der Waals surface area contributed by atoms with Crippen molar-refractivity contribution < 1.29 is 44.3 Å². The number of hydrogen-bond donors (Lipinski definition) is 1. The number of nitrogens with zero attached hydrogens (tertiary/aromatic N) is 1. The molecular formula is C13H14Cl2N2O2. The van der Waals surface area contributed by atoms with Gasteiger partial charge in [0.2, 0.25) is 0 Å². The quantitative estimate of drug-likeness (QED) is 0.575. The van der Waals surface area contributed by atoms with Gasteiger partial charge < -0.3 is 29.9 Å². The van der Waals surface area contributed by atoms with Gasteiger partial charge in [0.05, 0.1) is 0 Å². The Labute approximate surface area is 123 Å². The predicted molar refractivity (Wildman–Crippen MR) is 60.9 cm³/mol. The van der Waals surface area contributed by atoms with E-state index in [-0.39, 0.29) is 31.2 Å². The Morgan fingerprint density at radius 1 is 1.05 bits per heavy atom. The maximum Gasteiger partial charge on any atom is 0.309 e. The van der Waals surface area contributed by atoms with E-state index in [9.17, 15) is 4.79 Å². The Morgan fingerprint density at radius 3 is 2.11 bits per heavy atom. The van der Waals surface area contributed by atoms with Crippen LogP contribution >= 0.6 is 0 Å². The van der Waals surface area contributed by atoms with Gasteiger partial charge in [0.25, 0.3) is 0 Å². The molecule has 2 heterocycles. The molecule has 0 aromatic carbocycles. The molecule has 0 radical (unpaired) electrons. The molecule has 19 heavy (non-hydrogen) atoms. The highest BCUT2D eigenvalue weighted by atomic mass is 35.5. The third-order valence-corrected chi connectivity index (χ3v) is 2.53. The Hall–Kier alpha value is -1.65. The average Bonchev–Trinajstić information content (AvgIpc) is 2.38. The summed E-state index contributed by atoms with van der Waals surface area (Å²) < 4.78 is 1.87. The molecule has 102 valence electrons. The number of pyridine rings is 2. The van der Waals surface area contributed by atoms with E-state index in [2.05, 4.69) is 4.98 Å². The zero-order valence-electron chi connectivity index (χ0n) is 10.1. The summed E-state index contributed by atoms with van der Waals surface area (Å²) in [7, 11) is 0. The fraction of sp³-hybridized carbons (Fsp3) is 0.154. The van der Waals surface area contributed by atoms with Crippen molar-refractivity contribution in [3.05, 3.63) is 49.1 Å². The van der Waals surface area contributed by atoms with Crippen molar-refractivity contribution in [1.82, 2.24) is 0 Å². The lowest BCUT2D eigenvalue weighted by Crippen LogP contribution is -3.00. The number of rotatable bonds is 4. The van der Waals surface area contributed by atoms with Crippen molar-refractivity contribution in [3.8, 4) is 11.1 Å². The summed E-state index contributed by atoms with van der Waals surface area (Å²) in [5, 5.41) is 8.59. The Morgan fingerprint density at radius 2 is 1.58 bits per heavy atom. The molecule has 0 bridgehead atoms. The average molecular weight is 301 g/mol. The van der Waals surface area contributed by atoms with E-state index in [1.165, 1.54) is 0 Å². The van der Waals surface area contributed by atoms with Crippen LogP contribution < -0.4 is 34.4 Å². The fourth-order valence-corrected chi connectivity index (χ4v) is 1.60. The maximum atomic E-state index is 10.4. The predicted octanol–water partition coefficient (Wildman–Crippen LogP) is -5.06. The number of aryl methyl sites for hydroxylation is 1. The van der Waals surface area contributed by atoms with E-state index in [1.54, 1.807) is 0 Å². The summed E-state index contributed by atoms with van der Waals surface area (Å²) in [6, 6.07) is 7.96. The van der Waals surface area contributed by atoms with E-state index >= 15 is 0 Å². The van der Waals surface area contributed by atoms with Crippen molar-refractivity contribution >= 4 is 5.97 Å². The van der Waals surface area contributed by atoms with Gasteiger partial charge in [-0.05, 0) is 11.1 Å². The third-order valence-electron chi connectivity index (χ3n) is 2.53. The van der Waals surface area contributed by atoms with Crippen LogP contribution in [0.2, 0.25) is 0 Å². The fourth-order valence-electron chi connectivity index (χ4n) is 1.60. The monoisotopic (exact) mass is 300 g/mol. The number of aromatic nitrogens is 2. The first-order valence-corrected chi connectivity index (χ1v) is 5.43. The lowest BCUT2D eigenvalue weighted by atomic mass is 10.1. The number of aliphatic carboxylic acids is 1. The number of nitrogens with one attached hydrogen (secondary N) is 1. The largest absolute Gasteiger partial charge is 1.00 e. The smallest absolute Gasteiger partial charge is 0.309 e. The summed E-state index contributed by atoms with van der Waals surface area (Å²) in [6.45, 7) is 0.498. The van der Waals surface area contributed by atoms with Crippen LogP contribution in [0.15, 0.2) is 49.1 Å². The summed E-state index contributed by atoms with van der Waals surface area (Å²) in [5.41, 5.74) is 2.25. The first kappa shape index (κ1) is 17.4. The molecule has 0 spiro atoms. The van der Waals surface area contributed by atoms with Gasteiger partial charge in [0.1, 0.15) is 6.42 Å². The highest BCUT2D eigenvalue weighted by molar-refractivity contribution is 5.66. The number of H-pyrrole nitrogens is 1. The molecular weight excluding hydrogens is 287 g/mol. The summed E-state index contributed by atoms with van der Waals surface area (Å²) in [5.74, 6) is -0.778. The van der Waals surface area contributed by atoms with Gasteiger partial charge in [-0.15, -0.1) is 0 Å². The van der Waals surface area contributed by atoms with Gasteiger partial charge in [-0.1, -0.05) is 0 Å². The van der Waals surface area contributed by atoms with Crippen LogP contribution in [-0.2, 0) is 11.3 Å². The highest BCUT2D eigenvalue weighted by Crippen LogP contribution is 2.14. The van der Waals surface area contributed by atoms with Crippen LogP contribution in [0.3, 0.4) is 0 Å². The number of carboxylic acid groups (broad SMARTS) is 1. The Balaban J connectivity index is 0.00000162. The van der Waals surface area contributed by atoms with Crippen molar-refractivity contribution in [2.75, 3.05) is 0 Å². The number of carbonyl (C=O) groups is 1. The Bertz CT molecular complexity index is 504. The van der Waals surface area contributed by atoms with Crippen molar-refractivity contribution in [1.29, 1.82) is 0 Å². The molecule has 0 aliphatic rings. The molecule has 0 aliphatic carbocycles. The van der Waals surface area contributed by atoms with Crippen molar-refractivity contribution in [3.63, 3.8) is 0 Å². The molecule has 0 amide bonds. The standard InChI is InChI=1S/C13H12N2O2.2ClH/c16-13(17)5-10-15-8-3-12(4-9-15)11-1-6-14-7-2-11;;/h1-4,6-9H,5,10H2;2*1H. The minimum atomic E-state index is -0.778. The number of aromatic amines is 1. The molecule has 0 saturated carbocycles. The second-order valence-electron chi connectivity index (χ2n) is 3.76. The van der Waals surface area contributed by atoms with Gasteiger partial charge in [-0.3, -0.25) is 4.79 Å². The topological polar surface area (TPSA) is 55.3 Å². The first-order chi connectivity index (χ1) is 8.25. The Kier molecular flexibility index (Phi) is 7.72. The van der Waals surface area contributed by atoms with Crippen LogP contribution in [0.4, 0.5) is 0 Å². The maximum absolute atomic E-state index is 10.4. The zero-order chi connectivity index (χ0) is 12.1. The lowest BCUT2D eigenvalue weighted by Gasteiger charge is -1.98. The van der Waals surface area contributed by atoms with Gasteiger partial charge in [-0.2, -0.15) is 0 Å². The van der Waals surface area contributed by atoms with Crippen LogP contribution in [0, 0.1) is 0 Å². The highest BCUT2D eigenvalue weighted by Gasteiger charge is 2.05. The summed E-state index contributed by atoms with van der Waals surface area (Å²) in [6.07, 6.45) is 7.69. The van der Waals surface area contributed by atoms with Crippen LogP contribution in [0.5, 0.6) is 0 Å². The normalized spacial score (nSPS) is 9.05. The molecule has 4 nitrogen and oxygen atoms in total. The molecule has 0 atom stereocenters. The van der Waals surface area contributed by atoms with Crippen molar-refractivity contribution in [2.24, 2.45) is 0 Å². The third kappa shape index (κ3) is 5.24. The van der Waals surface area contributed by atoms with Gasteiger partial charge in [0.15, 0.2) is 31.3 Å². The summed E-state index contributed by atoms with van der Waals surface area (Å²) >= 11 is 0. The van der Waals surface area contributed by atoms with Gasteiger partial charge >= 0.3 is 5.97 Å². The zero-order valence-corrected chi connectivity index (χ0v) is 11.6. The molecule has 0 saturated heterocycles. The molecule has 0 fully saturated rings. The second kappa shape index (κ2) is 8.45. The molecule has 2 rings (SSSR count). The first-order valence-electron chi connectivity index (χ1n) is 5.43. The number of halogens is 2. The van der Waals surface area contributed by atoms with E-state index in [4.69, 9.17) is 5.11 Å². The number of carboxylic acids is 1. The molecule has 0 aliphatic heterocycles. The molecule has 2 aromatic rings. The van der Waals surface area contributed by atoms with Gasteiger partial charge in [-0.25, -0.2) is 9.55 Å². The molecule has 0 unspecified atom stereocenters. The van der Waals surface area contributed by atoms with Crippen molar-refractivity contribution in [2.45, 2.75) is 13.0 Å². The molecule has 2 N–H and O–H groups in total. The van der Waals surface area contributed by atoms with Crippen LogP contribution in [-0.4, -0.2) is 11.1 Å². The van der Waals surface area contributed by atoms with E-state index in [1.807, 2.05) is 53.6 Å². The summed E-state index contributed by atoms with van der Waals surface area (Å²) in [4.78, 5) is 13.4. The minimum Gasteiger partial charge on any atom is -1.00 e. The lowest BCUT2D eigenvalue weighted by molar-refractivity contribution is -0.695. The van der Waals surface area contributed by atoms with Crippen LogP contribution in [0.1, 0.15) is 6.42 Å². The minimum absolute atomic E-state index is 0. The van der Waals surface area contributed by atoms with E-state index in [0.717, 1.165) is 11.1 Å². The molecule has 6 heteroatoms. The SMILES string of the molecule is O=C(O)CC[n+]1ccc(-c2cc[nH+]cc2)cc1.[Cl-].[Cl-]. The van der Waals surface area contributed by atoms with Crippen LogP contribution in [0.25, 0.3) is 11.1 Å².